The molecular weight excluding hydrogens is 476 g/mol. The van der Waals surface area contributed by atoms with Crippen LogP contribution in [0.4, 0.5) is 0 Å². The molecule has 0 saturated carbocycles. The Morgan fingerprint density at radius 3 is 2.25 bits per heavy atom. The number of phenolic OH excluding ortho intramolecular Hbond substituents is 1. The number of likely N-dealkylation sites (tertiary alicyclic amines) is 1. The van der Waals surface area contributed by atoms with Gasteiger partial charge in [0.25, 0.3) is 5.91 Å². The Morgan fingerprint density at radius 2 is 1.72 bits per heavy atom. The number of carbonyl (C=O) groups excluding carboxylic acids is 2. The van der Waals surface area contributed by atoms with E-state index in [0.29, 0.717) is 5.75 Å². The number of rotatable bonds is 11. The number of hydrogen-bond donors (Lipinski definition) is 6. The molecule has 7 N–H and O–H groups in total. The number of nitrogens with two attached hydrogens (primary N) is 1. The number of oxime groups is 1. The van der Waals surface area contributed by atoms with E-state index in [-0.39, 0.29) is 42.2 Å². The van der Waals surface area contributed by atoms with Gasteiger partial charge in [0.1, 0.15) is 23.6 Å². The molecule has 0 spiro atoms. The molecule has 0 radical (unpaired) electrons. The standard InChI is InChI=1S/C23H24N4O9/c24-16(22(31)32)9-10-36-15-7-3-12(4-8-15)18(26-35)20(29)25-17-11-27(21(17)30)19(23(33)34)13-1-5-14(28)6-2-13/h1-8,16-17,19,28,35H,9-11,24H2,(H,25,29)(H,31,32)(H,33,34)/b26-18+/t16-,17-,19-/m0/s1. The molecule has 13 heteroatoms. The van der Waals surface area contributed by atoms with Gasteiger partial charge in [0.15, 0.2) is 11.8 Å². The highest BCUT2D eigenvalue weighted by Gasteiger charge is 2.45. The van der Waals surface area contributed by atoms with E-state index in [1.807, 2.05) is 0 Å². The minimum Gasteiger partial charge on any atom is -0.508 e. The molecule has 0 aromatic heterocycles. The van der Waals surface area contributed by atoms with Crippen LogP contribution in [0.3, 0.4) is 0 Å². The van der Waals surface area contributed by atoms with Gasteiger partial charge < -0.3 is 41.2 Å². The van der Waals surface area contributed by atoms with Gasteiger partial charge in [0.05, 0.1) is 13.2 Å². The highest BCUT2D eigenvalue weighted by molar-refractivity contribution is 6.45. The highest BCUT2D eigenvalue weighted by atomic mass is 16.5. The number of aliphatic carboxylic acids is 2. The van der Waals surface area contributed by atoms with E-state index in [9.17, 15) is 34.6 Å². The molecular formula is C23H24N4O9. The number of benzene rings is 2. The van der Waals surface area contributed by atoms with Gasteiger partial charge >= 0.3 is 11.9 Å². The number of β-lactam (4-membered cyclic amide) rings is 1. The molecule has 13 nitrogen and oxygen atoms in total. The van der Waals surface area contributed by atoms with Crippen molar-refractivity contribution in [1.82, 2.24) is 10.2 Å². The van der Waals surface area contributed by atoms with Crippen LogP contribution in [-0.2, 0) is 19.2 Å². The largest absolute Gasteiger partial charge is 0.508 e. The molecule has 190 valence electrons. The summed E-state index contributed by atoms with van der Waals surface area (Å²) in [5.74, 6) is -3.59. The normalized spacial score (nSPS) is 17.0. The maximum Gasteiger partial charge on any atom is 0.331 e. The molecule has 1 saturated heterocycles. The third kappa shape index (κ3) is 5.88. The summed E-state index contributed by atoms with van der Waals surface area (Å²) in [7, 11) is 0. The first-order chi connectivity index (χ1) is 17.1. The third-order valence-electron chi connectivity index (χ3n) is 5.48. The number of carboxylic acids is 2. The van der Waals surface area contributed by atoms with Crippen LogP contribution in [-0.4, -0.2) is 80.1 Å². The molecule has 0 unspecified atom stereocenters. The van der Waals surface area contributed by atoms with Gasteiger partial charge in [-0.15, -0.1) is 0 Å². The first-order valence-electron chi connectivity index (χ1n) is 10.7. The lowest BCUT2D eigenvalue weighted by Gasteiger charge is -2.42. The summed E-state index contributed by atoms with van der Waals surface area (Å²) in [6.07, 6.45) is 0.0880. The predicted octanol–water partition coefficient (Wildman–Crippen LogP) is -0.0958. The number of nitrogens with zero attached hydrogens (tertiary/aromatic N) is 2. The number of carbonyl (C=O) groups is 4. The fraction of sp³-hybridized carbons (Fsp3) is 0.261. The average molecular weight is 500 g/mol. The van der Waals surface area contributed by atoms with Gasteiger partial charge in [-0.2, -0.15) is 0 Å². The first-order valence-corrected chi connectivity index (χ1v) is 10.7. The van der Waals surface area contributed by atoms with E-state index in [1.54, 1.807) is 0 Å². The van der Waals surface area contributed by atoms with E-state index in [1.165, 1.54) is 48.5 Å². The maximum absolute atomic E-state index is 12.6. The molecule has 2 aromatic carbocycles. The van der Waals surface area contributed by atoms with Gasteiger partial charge in [-0.05, 0) is 42.0 Å². The van der Waals surface area contributed by atoms with E-state index in [0.717, 1.165) is 4.90 Å². The SMILES string of the molecule is N[C@@H](CCOc1ccc(/C(=N\O)C(=O)N[C@H]2CN([C@H](C(=O)O)c3ccc(O)cc3)C2=O)cc1)C(=O)O. The molecule has 0 bridgehead atoms. The first kappa shape index (κ1) is 26.0. The lowest BCUT2D eigenvalue weighted by Crippen LogP contribution is -2.66. The summed E-state index contributed by atoms with van der Waals surface area (Å²) >= 11 is 0. The maximum atomic E-state index is 12.6. The van der Waals surface area contributed by atoms with Crippen LogP contribution in [0.2, 0.25) is 0 Å². The number of phenols is 1. The van der Waals surface area contributed by atoms with Crippen LogP contribution in [0, 0.1) is 0 Å². The molecule has 1 heterocycles. The van der Waals surface area contributed by atoms with Crippen LogP contribution < -0.4 is 15.8 Å². The van der Waals surface area contributed by atoms with Gasteiger partial charge in [0.2, 0.25) is 5.91 Å². The predicted molar refractivity (Wildman–Crippen MR) is 123 cm³/mol. The fourth-order valence-electron chi connectivity index (χ4n) is 3.50. The minimum atomic E-state index is -1.30. The molecule has 1 fully saturated rings. The molecule has 0 aliphatic carbocycles. The van der Waals surface area contributed by atoms with Crippen LogP contribution >= 0.6 is 0 Å². The summed E-state index contributed by atoms with van der Waals surface area (Å²) < 4.78 is 5.40. The Balaban J connectivity index is 1.59. The lowest BCUT2D eigenvalue weighted by atomic mass is 9.97. The van der Waals surface area contributed by atoms with Crippen molar-refractivity contribution in [2.24, 2.45) is 10.9 Å². The number of aromatic hydroxyl groups is 1. The second-order valence-electron chi connectivity index (χ2n) is 7.90. The van der Waals surface area contributed by atoms with E-state index in [4.69, 9.17) is 15.6 Å². The molecule has 36 heavy (non-hydrogen) atoms. The fourth-order valence-corrected chi connectivity index (χ4v) is 3.50. The van der Waals surface area contributed by atoms with Crippen molar-refractivity contribution >= 4 is 29.5 Å². The average Bonchev–Trinajstić information content (AvgIpc) is 2.85. The zero-order valence-electron chi connectivity index (χ0n) is 18.8. The van der Waals surface area contributed by atoms with Crippen molar-refractivity contribution in [1.29, 1.82) is 0 Å². The Bertz CT molecular complexity index is 1170. The van der Waals surface area contributed by atoms with Crippen molar-refractivity contribution in [2.75, 3.05) is 13.2 Å². The summed E-state index contributed by atoms with van der Waals surface area (Å²) in [5.41, 5.74) is 5.51. The van der Waals surface area contributed by atoms with Gasteiger partial charge in [-0.25, -0.2) is 4.79 Å². The Labute approximate surface area is 204 Å². The van der Waals surface area contributed by atoms with Crippen LogP contribution in [0.1, 0.15) is 23.6 Å². The van der Waals surface area contributed by atoms with Gasteiger partial charge in [-0.1, -0.05) is 17.3 Å². The highest BCUT2D eigenvalue weighted by Crippen LogP contribution is 2.28. The number of ether oxygens (including phenoxy) is 1. The monoisotopic (exact) mass is 500 g/mol. The number of nitrogens with one attached hydrogen (secondary N) is 1. The molecule has 1 aliphatic heterocycles. The van der Waals surface area contributed by atoms with E-state index in [2.05, 4.69) is 10.5 Å². The van der Waals surface area contributed by atoms with Crippen LogP contribution in [0.25, 0.3) is 0 Å². The van der Waals surface area contributed by atoms with Gasteiger partial charge in [-0.3, -0.25) is 14.4 Å². The quantitative estimate of drug-likeness (QED) is 0.104. The molecule has 3 rings (SSSR count). The zero-order chi connectivity index (χ0) is 26.4. The van der Waals surface area contributed by atoms with Gasteiger partial charge in [0, 0.05) is 12.0 Å². The number of hydrogen-bond acceptors (Lipinski definition) is 9. The van der Waals surface area contributed by atoms with Crippen molar-refractivity contribution in [3.8, 4) is 11.5 Å². The lowest BCUT2D eigenvalue weighted by molar-refractivity contribution is -0.160. The number of amides is 2. The topological polar surface area (TPSA) is 212 Å². The Kier molecular flexibility index (Phi) is 8.07. The van der Waals surface area contributed by atoms with Crippen molar-refractivity contribution in [3.63, 3.8) is 0 Å². The summed E-state index contributed by atoms with van der Waals surface area (Å²) in [6.45, 7) is -0.0393. The molecule has 1 aliphatic rings. The molecule has 2 amide bonds. The minimum absolute atomic E-state index is 0.0516. The Hall–Kier alpha value is -4.65. The van der Waals surface area contributed by atoms with Crippen LogP contribution in [0.15, 0.2) is 53.7 Å². The molecule has 3 atom stereocenters. The van der Waals surface area contributed by atoms with Crippen molar-refractivity contribution in [3.05, 3.63) is 59.7 Å². The number of carboxylic acid groups (broad SMARTS) is 2. The van der Waals surface area contributed by atoms with Crippen molar-refractivity contribution < 1.29 is 44.4 Å². The summed E-state index contributed by atoms with van der Waals surface area (Å²) in [5, 5.41) is 42.5. The summed E-state index contributed by atoms with van der Waals surface area (Å²) in [6, 6.07) is 7.83. The molecule has 2 aromatic rings. The van der Waals surface area contributed by atoms with Crippen molar-refractivity contribution in [2.45, 2.75) is 24.5 Å². The summed E-state index contributed by atoms with van der Waals surface area (Å²) in [4.78, 5) is 48.8. The smallest absolute Gasteiger partial charge is 0.331 e. The second-order valence-corrected chi connectivity index (χ2v) is 7.90. The zero-order valence-corrected chi connectivity index (χ0v) is 18.8. The second kappa shape index (κ2) is 11.2. The van der Waals surface area contributed by atoms with E-state index >= 15 is 0 Å². The Morgan fingerprint density at radius 1 is 1.08 bits per heavy atom. The van der Waals surface area contributed by atoms with Crippen LogP contribution in [0.5, 0.6) is 11.5 Å². The third-order valence-corrected chi connectivity index (χ3v) is 5.48. The van der Waals surface area contributed by atoms with E-state index < -0.39 is 41.9 Å².